The predicted molar refractivity (Wildman–Crippen MR) is 141 cm³/mol. The molecule has 0 saturated carbocycles. The van der Waals surface area contributed by atoms with E-state index in [-0.39, 0.29) is 47.4 Å². The fraction of sp³-hybridized carbons (Fsp3) is 0.379. The molecule has 0 fully saturated rings. The molecule has 7 nitrogen and oxygen atoms in total. The molecule has 1 aliphatic heterocycles. The van der Waals surface area contributed by atoms with Gasteiger partial charge in [0.05, 0.1) is 52.2 Å². The van der Waals surface area contributed by atoms with Gasteiger partial charge in [-0.2, -0.15) is 44.8 Å². The summed E-state index contributed by atoms with van der Waals surface area (Å²) in [5.74, 6) is -1.49. The summed E-state index contributed by atoms with van der Waals surface area (Å²) in [6.45, 7) is 3.15. The summed E-state index contributed by atoms with van der Waals surface area (Å²) in [6.07, 6.45) is -15.4. The molecule has 4 rings (SSSR count). The van der Waals surface area contributed by atoms with Crippen LogP contribution in [0, 0.1) is 11.3 Å². The zero-order valence-corrected chi connectivity index (χ0v) is 23.5. The van der Waals surface area contributed by atoms with Crippen molar-refractivity contribution in [2.75, 3.05) is 11.5 Å². The summed E-state index contributed by atoms with van der Waals surface area (Å²) in [5, 5.41) is 9.63. The zero-order valence-electron chi connectivity index (χ0n) is 23.5. The van der Waals surface area contributed by atoms with Gasteiger partial charge in [0.15, 0.2) is 0 Å². The molecule has 2 aromatic carbocycles. The molecule has 0 bridgehead atoms. The van der Waals surface area contributed by atoms with Crippen LogP contribution in [0.1, 0.15) is 71.1 Å². The SMILES string of the molecule is CCOC(=O)N1c2ccc(C(F)(F)F)cc2C(c2ncc(C#N)c(Cc3cc(C(F)(F)F)cc(C(F)(F)F)c3)n2)C(N)C1CC. The highest BCUT2D eigenvalue weighted by atomic mass is 19.4. The summed E-state index contributed by atoms with van der Waals surface area (Å²) >= 11 is 0. The molecule has 0 saturated heterocycles. The molecule has 16 heteroatoms. The molecule has 2 N–H and O–H groups in total. The predicted octanol–water partition coefficient (Wildman–Crippen LogP) is 7.21. The van der Waals surface area contributed by atoms with Crippen LogP contribution in [0.3, 0.4) is 0 Å². The monoisotopic (exact) mass is 645 g/mol. The Morgan fingerprint density at radius 3 is 2.07 bits per heavy atom. The first-order chi connectivity index (χ1) is 20.9. The van der Waals surface area contributed by atoms with Crippen molar-refractivity contribution in [3.05, 3.63) is 87.5 Å². The van der Waals surface area contributed by atoms with Crippen molar-refractivity contribution in [3.63, 3.8) is 0 Å². The van der Waals surface area contributed by atoms with E-state index in [0.29, 0.717) is 12.1 Å². The minimum Gasteiger partial charge on any atom is -0.449 e. The first-order valence-corrected chi connectivity index (χ1v) is 13.4. The van der Waals surface area contributed by atoms with Gasteiger partial charge < -0.3 is 10.5 Å². The molecule has 2 heterocycles. The number of hydrogen-bond donors (Lipinski definition) is 1. The molecule has 45 heavy (non-hydrogen) atoms. The van der Waals surface area contributed by atoms with Gasteiger partial charge in [-0.3, -0.25) is 4.90 Å². The molecule has 0 aliphatic carbocycles. The molecular formula is C29H24F9N5O2. The average Bonchev–Trinajstić information content (AvgIpc) is 2.94. The van der Waals surface area contributed by atoms with Crippen molar-refractivity contribution >= 4 is 11.8 Å². The second-order valence-electron chi connectivity index (χ2n) is 10.2. The van der Waals surface area contributed by atoms with E-state index in [1.165, 1.54) is 6.92 Å². The van der Waals surface area contributed by atoms with Gasteiger partial charge in [0.1, 0.15) is 11.9 Å². The number of amides is 1. The van der Waals surface area contributed by atoms with E-state index in [1.807, 2.05) is 0 Å². The number of anilines is 1. The molecule has 3 atom stereocenters. The highest BCUT2D eigenvalue weighted by Crippen LogP contribution is 2.45. The third-order valence-electron chi connectivity index (χ3n) is 7.30. The smallest absolute Gasteiger partial charge is 0.416 e. The number of fused-ring (bicyclic) bond motifs is 1. The number of nitrogens with two attached hydrogens (primary N) is 1. The van der Waals surface area contributed by atoms with Crippen molar-refractivity contribution in [1.29, 1.82) is 5.26 Å². The first kappa shape index (κ1) is 33.5. The number of alkyl halides is 9. The van der Waals surface area contributed by atoms with Crippen LogP contribution >= 0.6 is 0 Å². The second kappa shape index (κ2) is 12.2. The van der Waals surface area contributed by atoms with Gasteiger partial charge in [0.25, 0.3) is 0 Å². The van der Waals surface area contributed by atoms with E-state index in [4.69, 9.17) is 10.5 Å². The molecule has 0 spiro atoms. The number of nitriles is 1. The van der Waals surface area contributed by atoms with E-state index in [0.717, 1.165) is 29.3 Å². The van der Waals surface area contributed by atoms with Crippen LogP contribution in [-0.2, 0) is 29.7 Å². The van der Waals surface area contributed by atoms with Crippen molar-refractivity contribution in [1.82, 2.24) is 9.97 Å². The van der Waals surface area contributed by atoms with E-state index in [9.17, 15) is 49.6 Å². The molecule has 1 amide bonds. The maximum absolute atomic E-state index is 13.8. The Balaban J connectivity index is 1.91. The van der Waals surface area contributed by atoms with Crippen LogP contribution in [0.25, 0.3) is 0 Å². The number of nitrogens with zero attached hydrogens (tertiary/aromatic N) is 4. The Kier molecular flexibility index (Phi) is 9.07. The van der Waals surface area contributed by atoms with Crippen LogP contribution in [0.5, 0.6) is 0 Å². The molecule has 3 aromatic rings. The summed E-state index contributed by atoms with van der Waals surface area (Å²) in [5.41, 5.74) is 1.15. The summed E-state index contributed by atoms with van der Waals surface area (Å²) in [7, 11) is 0. The van der Waals surface area contributed by atoms with Crippen LogP contribution in [0.4, 0.5) is 50.0 Å². The van der Waals surface area contributed by atoms with E-state index in [2.05, 4.69) is 9.97 Å². The van der Waals surface area contributed by atoms with Crippen molar-refractivity contribution in [2.24, 2.45) is 5.73 Å². The van der Waals surface area contributed by atoms with E-state index in [1.54, 1.807) is 13.0 Å². The Hall–Kier alpha value is -4.39. The lowest BCUT2D eigenvalue weighted by Gasteiger charge is -2.43. The van der Waals surface area contributed by atoms with Crippen molar-refractivity contribution in [2.45, 2.75) is 63.2 Å². The summed E-state index contributed by atoms with van der Waals surface area (Å²) in [4.78, 5) is 22.5. The maximum atomic E-state index is 13.8. The number of halogens is 9. The number of ether oxygens (including phenoxy) is 1. The van der Waals surface area contributed by atoms with Crippen LogP contribution in [0.15, 0.2) is 42.6 Å². The highest BCUT2D eigenvalue weighted by Gasteiger charge is 2.45. The van der Waals surface area contributed by atoms with Gasteiger partial charge in [-0.25, -0.2) is 14.8 Å². The summed E-state index contributed by atoms with van der Waals surface area (Å²) in [6, 6.07) is 3.26. The molecule has 1 aromatic heterocycles. The standard InChI is InChI=1S/C29H24F9N5O2/c1-3-21-24(40)23(19-11-16(27(30,31)32)5-6-22(19)43(21)26(44)45-4-2)25-41-13-15(12-39)20(42-25)9-14-7-17(28(33,34)35)10-18(8-14)29(36,37)38/h5-8,10-11,13,21,23-24H,3-4,9,40H2,1-2H3. The van der Waals surface area contributed by atoms with Crippen LogP contribution in [0.2, 0.25) is 0 Å². The largest absolute Gasteiger partial charge is 0.449 e. The normalized spacial score (nSPS) is 18.7. The molecule has 3 unspecified atom stereocenters. The van der Waals surface area contributed by atoms with Gasteiger partial charge in [0.2, 0.25) is 0 Å². The van der Waals surface area contributed by atoms with Gasteiger partial charge >= 0.3 is 24.6 Å². The lowest BCUT2D eigenvalue weighted by molar-refractivity contribution is -0.143. The molecule has 1 aliphatic rings. The lowest BCUT2D eigenvalue weighted by atomic mass is 9.79. The Morgan fingerprint density at radius 1 is 0.956 bits per heavy atom. The van der Waals surface area contributed by atoms with E-state index < -0.39 is 71.3 Å². The highest BCUT2D eigenvalue weighted by molar-refractivity contribution is 5.91. The van der Waals surface area contributed by atoms with Crippen molar-refractivity contribution < 1.29 is 49.0 Å². The summed E-state index contributed by atoms with van der Waals surface area (Å²) < 4.78 is 127. The third kappa shape index (κ3) is 6.82. The molecule has 240 valence electrons. The van der Waals surface area contributed by atoms with Gasteiger partial charge in [-0.1, -0.05) is 6.92 Å². The Bertz CT molecular complexity index is 1600. The minimum absolute atomic E-state index is 0.0159. The zero-order chi connectivity index (χ0) is 33.5. The lowest BCUT2D eigenvalue weighted by Crippen LogP contribution is -2.57. The number of benzene rings is 2. The maximum Gasteiger partial charge on any atom is 0.416 e. The fourth-order valence-corrected chi connectivity index (χ4v) is 5.30. The second-order valence-corrected chi connectivity index (χ2v) is 10.2. The number of rotatable bonds is 5. The number of carbonyl (C=O) groups is 1. The quantitative estimate of drug-likeness (QED) is 0.294. The number of carbonyl (C=O) groups excluding carboxylic acids is 1. The average molecular weight is 646 g/mol. The van der Waals surface area contributed by atoms with Gasteiger partial charge in [0, 0.05) is 18.7 Å². The van der Waals surface area contributed by atoms with Crippen molar-refractivity contribution in [3.8, 4) is 6.07 Å². The number of hydrogen-bond acceptors (Lipinski definition) is 6. The minimum atomic E-state index is -5.13. The van der Waals surface area contributed by atoms with Gasteiger partial charge in [-0.15, -0.1) is 0 Å². The van der Waals surface area contributed by atoms with Crippen LogP contribution in [-0.4, -0.2) is 34.8 Å². The fourth-order valence-electron chi connectivity index (χ4n) is 5.30. The van der Waals surface area contributed by atoms with E-state index >= 15 is 0 Å². The first-order valence-electron chi connectivity index (χ1n) is 13.4. The number of aromatic nitrogens is 2. The Morgan fingerprint density at radius 2 is 1.56 bits per heavy atom. The molecular weight excluding hydrogens is 621 g/mol. The Labute approximate surface area is 250 Å². The van der Waals surface area contributed by atoms with Crippen LogP contribution < -0.4 is 10.6 Å². The topological polar surface area (TPSA) is 105 Å². The van der Waals surface area contributed by atoms with Gasteiger partial charge in [-0.05, 0) is 60.9 Å². The molecule has 0 radical (unpaired) electrons. The third-order valence-corrected chi connectivity index (χ3v) is 7.30.